The molecular formula is C21H25NO5. The van der Waals surface area contributed by atoms with E-state index in [0.29, 0.717) is 43.2 Å². The number of nitrogens with one attached hydrogen (secondary N) is 1. The van der Waals surface area contributed by atoms with Gasteiger partial charge in [-0.05, 0) is 62.2 Å². The first-order valence-corrected chi connectivity index (χ1v) is 8.99. The summed E-state index contributed by atoms with van der Waals surface area (Å²) in [5.41, 5.74) is 1.61. The summed E-state index contributed by atoms with van der Waals surface area (Å²) in [5, 5.41) is 2.82. The topological polar surface area (TPSA) is 73.9 Å². The molecule has 0 unspecified atom stereocenters. The third-order valence-corrected chi connectivity index (χ3v) is 3.73. The Balaban J connectivity index is 1.78. The average Bonchev–Trinajstić information content (AvgIpc) is 2.69. The van der Waals surface area contributed by atoms with Crippen molar-refractivity contribution in [2.24, 2.45) is 0 Å². The largest absolute Gasteiger partial charge is 0.490 e. The molecule has 0 aliphatic carbocycles. The zero-order valence-corrected chi connectivity index (χ0v) is 15.7. The minimum atomic E-state index is -0.203. The lowest BCUT2D eigenvalue weighted by atomic mass is 10.1. The number of rotatable bonds is 11. The highest BCUT2D eigenvalue weighted by Crippen LogP contribution is 2.28. The number of benzene rings is 2. The average molecular weight is 371 g/mol. The lowest BCUT2D eigenvalue weighted by Gasteiger charge is -2.13. The maximum atomic E-state index is 11.9. The normalized spacial score (nSPS) is 10.1. The van der Waals surface area contributed by atoms with Gasteiger partial charge in [-0.1, -0.05) is 6.07 Å². The molecule has 0 fully saturated rings. The van der Waals surface area contributed by atoms with Crippen LogP contribution in [0.1, 0.15) is 29.8 Å². The van der Waals surface area contributed by atoms with Crippen molar-refractivity contribution in [2.75, 3.05) is 26.4 Å². The van der Waals surface area contributed by atoms with E-state index >= 15 is 0 Å². The SMILES string of the molecule is CCOc1ccc(CCNC(=O)COc2ccc(C=O)cc2)cc1OCC. The molecule has 0 heterocycles. The van der Waals surface area contributed by atoms with Crippen molar-refractivity contribution >= 4 is 12.2 Å². The van der Waals surface area contributed by atoms with E-state index in [-0.39, 0.29) is 12.5 Å². The molecule has 0 saturated heterocycles. The second-order valence-corrected chi connectivity index (χ2v) is 5.72. The molecule has 27 heavy (non-hydrogen) atoms. The Labute approximate surface area is 159 Å². The summed E-state index contributed by atoms with van der Waals surface area (Å²) in [4.78, 5) is 22.5. The van der Waals surface area contributed by atoms with Crippen molar-refractivity contribution in [3.8, 4) is 17.2 Å². The molecule has 0 radical (unpaired) electrons. The second kappa shape index (κ2) is 10.9. The summed E-state index contributed by atoms with van der Waals surface area (Å²) in [6, 6.07) is 12.4. The minimum Gasteiger partial charge on any atom is -0.490 e. The number of hydrogen-bond donors (Lipinski definition) is 1. The van der Waals surface area contributed by atoms with Crippen LogP contribution in [0.4, 0.5) is 0 Å². The molecule has 2 aromatic carbocycles. The first-order valence-electron chi connectivity index (χ1n) is 8.99. The quantitative estimate of drug-likeness (QED) is 0.615. The molecule has 0 bridgehead atoms. The van der Waals surface area contributed by atoms with Gasteiger partial charge in [0.2, 0.25) is 0 Å². The predicted octanol–water partition coefficient (Wildman–Crippen LogP) is 3.03. The number of aldehydes is 1. The first-order chi connectivity index (χ1) is 13.2. The van der Waals surface area contributed by atoms with E-state index in [9.17, 15) is 9.59 Å². The third kappa shape index (κ3) is 6.66. The smallest absolute Gasteiger partial charge is 0.257 e. The fourth-order valence-electron chi connectivity index (χ4n) is 2.44. The summed E-state index contributed by atoms with van der Waals surface area (Å²) >= 11 is 0. The molecule has 0 aliphatic rings. The zero-order chi connectivity index (χ0) is 19.5. The molecule has 0 atom stereocenters. The van der Waals surface area contributed by atoms with Gasteiger partial charge in [-0.2, -0.15) is 0 Å². The molecule has 0 spiro atoms. The molecule has 144 valence electrons. The van der Waals surface area contributed by atoms with Gasteiger partial charge in [0.05, 0.1) is 13.2 Å². The van der Waals surface area contributed by atoms with Crippen LogP contribution in [0.2, 0.25) is 0 Å². The van der Waals surface area contributed by atoms with E-state index in [1.807, 2.05) is 32.0 Å². The van der Waals surface area contributed by atoms with Gasteiger partial charge in [-0.25, -0.2) is 0 Å². The molecule has 1 amide bonds. The van der Waals surface area contributed by atoms with Gasteiger partial charge in [0.15, 0.2) is 18.1 Å². The van der Waals surface area contributed by atoms with Crippen molar-refractivity contribution in [2.45, 2.75) is 20.3 Å². The van der Waals surface area contributed by atoms with Crippen molar-refractivity contribution in [1.29, 1.82) is 0 Å². The lowest BCUT2D eigenvalue weighted by Crippen LogP contribution is -2.30. The Bertz CT molecular complexity index is 743. The molecule has 6 heteroatoms. The van der Waals surface area contributed by atoms with Gasteiger partial charge in [0, 0.05) is 12.1 Å². The van der Waals surface area contributed by atoms with Crippen molar-refractivity contribution in [3.05, 3.63) is 53.6 Å². The number of carbonyl (C=O) groups is 2. The molecular weight excluding hydrogens is 346 g/mol. The maximum Gasteiger partial charge on any atom is 0.257 e. The van der Waals surface area contributed by atoms with E-state index in [1.165, 1.54) is 0 Å². The zero-order valence-electron chi connectivity index (χ0n) is 15.7. The van der Waals surface area contributed by atoms with Crippen LogP contribution in [0.15, 0.2) is 42.5 Å². The highest BCUT2D eigenvalue weighted by molar-refractivity contribution is 5.77. The van der Waals surface area contributed by atoms with Crippen LogP contribution in [-0.2, 0) is 11.2 Å². The number of amides is 1. The van der Waals surface area contributed by atoms with Gasteiger partial charge >= 0.3 is 0 Å². The molecule has 1 N–H and O–H groups in total. The summed E-state index contributed by atoms with van der Waals surface area (Å²) in [5.74, 6) is 1.78. The van der Waals surface area contributed by atoms with E-state index in [2.05, 4.69) is 5.32 Å². The van der Waals surface area contributed by atoms with Crippen LogP contribution in [0.3, 0.4) is 0 Å². The van der Waals surface area contributed by atoms with Crippen molar-refractivity contribution < 1.29 is 23.8 Å². The van der Waals surface area contributed by atoms with Crippen LogP contribution >= 0.6 is 0 Å². The fraction of sp³-hybridized carbons (Fsp3) is 0.333. The molecule has 0 aliphatic heterocycles. The summed E-state index contributed by atoms with van der Waals surface area (Å²) in [6.45, 7) is 5.41. The Kier molecular flexibility index (Phi) is 8.16. The third-order valence-electron chi connectivity index (χ3n) is 3.73. The second-order valence-electron chi connectivity index (χ2n) is 5.72. The van der Waals surface area contributed by atoms with Gasteiger partial charge < -0.3 is 19.5 Å². The van der Waals surface area contributed by atoms with Crippen LogP contribution < -0.4 is 19.5 Å². The van der Waals surface area contributed by atoms with E-state index < -0.39 is 0 Å². The Morgan fingerprint density at radius 3 is 2.33 bits per heavy atom. The van der Waals surface area contributed by atoms with Crippen molar-refractivity contribution in [1.82, 2.24) is 5.32 Å². The minimum absolute atomic E-state index is 0.0755. The molecule has 0 aromatic heterocycles. The Hall–Kier alpha value is -3.02. The fourth-order valence-corrected chi connectivity index (χ4v) is 2.44. The van der Waals surface area contributed by atoms with E-state index in [4.69, 9.17) is 14.2 Å². The summed E-state index contributed by atoms with van der Waals surface area (Å²) in [6.07, 6.45) is 1.43. The molecule has 2 rings (SSSR count). The van der Waals surface area contributed by atoms with Crippen LogP contribution in [0.25, 0.3) is 0 Å². The Morgan fingerprint density at radius 1 is 0.963 bits per heavy atom. The lowest BCUT2D eigenvalue weighted by molar-refractivity contribution is -0.123. The van der Waals surface area contributed by atoms with Crippen molar-refractivity contribution in [3.63, 3.8) is 0 Å². The monoisotopic (exact) mass is 371 g/mol. The molecule has 2 aromatic rings. The predicted molar refractivity (Wildman–Crippen MR) is 103 cm³/mol. The highest BCUT2D eigenvalue weighted by atomic mass is 16.5. The van der Waals surface area contributed by atoms with Gasteiger partial charge in [-0.3, -0.25) is 9.59 Å². The van der Waals surface area contributed by atoms with Gasteiger partial charge in [-0.15, -0.1) is 0 Å². The van der Waals surface area contributed by atoms with Gasteiger partial charge in [0.25, 0.3) is 5.91 Å². The number of hydrogen-bond acceptors (Lipinski definition) is 5. The maximum absolute atomic E-state index is 11.9. The summed E-state index contributed by atoms with van der Waals surface area (Å²) in [7, 11) is 0. The number of carbonyl (C=O) groups excluding carboxylic acids is 2. The Morgan fingerprint density at radius 2 is 1.67 bits per heavy atom. The van der Waals surface area contributed by atoms with Crippen LogP contribution in [0.5, 0.6) is 17.2 Å². The van der Waals surface area contributed by atoms with E-state index in [0.717, 1.165) is 17.6 Å². The van der Waals surface area contributed by atoms with Crippen LogP contribution in [-0.4, -0.2) is 38.6 Å². The first kappa shape index (κ1) is 20.3. The molecule has 6 nitrogen and oxygen atoms in total. The summed E-state index contributed by atoms with van der Waals surface area (Å²) < 4.78 is 16.6. The van der Waals surface area contributed by atoms with Crippen LogP contribution in [0, 0.1) is 0 Å². The van der Waals surface area contributed by atoms with E-state index in [1.54, 1.807) is 24.3 Å². The standard InChI is InChI=1S/C21H25NO5/c1-3-25-19-10-7-16(13-20(19)26-4-2)11-12-22-21(24)15-27-18-8-5-17(14-23)6-9-18/h5-10,13-14H,3-4,11-12,15H2,1-2H3,(H,22,24). The number of ether oxygens (including phenoxy) is 3. The van der Waals surface area contributed by atoms with Gasteiger partial charge in [0.1, 0.15) is 12.0 Å². The molecule has 0 saturated carbocycles. The highest BCUT2D eigenvalue weighted by Gasteiger charge is 2.07.